The van der Waals surface area contributed by atoms with Crippen LogP contribution in [0.4, 0.5) is 0 Å². The van der Waals surface area contributed by atoms with E-state index in [1.807, 2.05) is 6.92 Å². The number of nitrogens with one attached hydrogen (secondary N) is 1. The molecule has 1 amide bonds. The molecule has 7 nitrogen and oxygen atoms in total. The van der Waals surface area contributed by atoms with Gasteiger partial charge in [-0.1, -0.05) is 6.92 Å². The molecule has 2 aromatic heterocycles. The Labute approximate surface area is 152 Å². The van der Waals surface area contributed by atoms with Crippen LogP contribution in [0.5, 0.6) is 0 Å². The summed E-state index contributed by atoms with van der Waals surface area (Å²) in [5.41, 5.74) is 1.75. The standard InChI is InChI=1S/C19H24N2O5/c1-6-9-21(18(23)14-8-7-10-26-14)13(4)17(22)15-11(2)16(19(24)25-5)20-12(15)3/h7-8,10,13,20H,6,9H2,1-5H3/t13-/m0/s1. The van der Waals surface area contributed by atoms with Crippen LogP contribution < -0.4 is 0 Å². The van der Waals surface area contributed by atoms with Crippen molar-refractivity contribution in [2.45, 2.75) is 40.2 Å². The van der Waals surface area contributed by atoms with Gasteiger partial charge < -0.3 is 19.0 Å². The maximum atomic E-state index is 13.1. The molecule has 2 heterocycles. The van der Waals surface area contributed by atoms with Crippen LogP contribution in [-0.2, 0) is 4.74 Å². The number of H-pyrrole nitrogens is 1. The number of hydrogen-bond donors (Lipinski definition) is 1. The van der Waals surface area contributed by atoms with Crippen molar-refractivity contribution in [1.29, 1.82) is 0 Å². The molecule has 0 saturated heterocycles. The van der Waals surface area contributed by atoms with E-state index in [0.717, 1.165) is 0 Å². The van der Waals surface area contributed by atoms with E-state index in [0.29, 0.717) is 29.8 Å². The lowest BCUT2D eigenvalue weighted by Gasteiger charge is -2.27. The Bertz CT molecular complexity index is 804. The van der Waals surface area contributed by atoms with Crippen molar-refractivity contribution in [3.8, 4) is 0 Å². The first-order valence-corrected chi connectivity index (χ1v) is 8.49. The van der Waals surface area contributed by atoms with Gasteiger partial charge in [0.25, 0.3) is 5.91 Å². The van der Waals surface area contributed by atoms with Crippen molar-refractivity contribution in [3.63, 3.8) is 0 Å². The van der Waals surface area contributed by atoms with Gasteiger partial charge in [0.2, 0.25) is 0 Å². The lowest BCUT2D eigenvalue weighted by molar-refractivity contribution is 0.0590. The molecule has 2 aromatic rings. The third kappa shape index (κ3) is 3.56. The second-order valence-corrected chi connectivity index (χ2v) is 6.13. The number of aromatic nitrogens is 1. The monoisotopic (exact) mass is 360 g/mol. The van der Waals surface area contributed by atoms with E-state index in [1.165, 1.54) is 18.3 Å². The summed E-state index contributed by atoms with van der Waals surface area (Å²) in [6, 6.07) is 2.50. The lowest BCUT2D eigenvalue weighted by atomic mass is 9.99. The predicted octanol–water partition coefficient (Wildman–Crippen LogP) is 3.13. The highest BCUT2D eigenvalue weighted by atomic mass is 16.5. The summed E-state index contributed by atoms with van der Waals surface area (Å²) in [6.07, 6.45) is 2.12. The number of methoxy groups -OCH3 is 1. The van der Waals surface area contributed by atoms with E-state index >= 15 is 0 Å². The zero-order valence-corrected chi connectivity index (χ0v) is 15.7. The van der Waals surface area contributed by atoms with Gasteiger partial charge in [-0.25, -0.2) is 4.79 Å². The number of ether oxygens (including phenoxy) is 1. The number of aryl methyl sites for hydroxylation is 1. The highest BCUT2D eigenvalue weighted by molar-refractivity contribution is 6.07. The molecule has 2 rings (SSSR count). The number of Topliss-reactive ketones (excluding diaryl/α,β-unsaturated/α-hetero) is 1. The third-order valence-corrected chi connectivity index (χ3v) is 4.38. The Balaban J connectivity index is 2.36. The maximum absolute atomic E-state index is 13.1. The average Bonchev–Trinajstić information content (AvgIpc) is 3.25. The summed E-state index contributed by atoms with van der Waals surface area (Å²) in [5.74, 6) is -0.915. The molecule has 140 valence electrons. The van der Waals surface area contributed by atoms with Crippen molar-refractivity contribution in [2.75, 3.05) is 13.7 Å². The van der Waals surface area contributed by atoms with Crippen LogP contribution in [0.1, 0.15) is 62.9 Å². The summed E-state index contributed by atoms with van der Waals surface area (Å²) >= 11 is 0. The number of nitrogens with zero attached hydrogens (tertiary/aromatic N) is 1. The van der Waals surface area contributed by atoms with Crippen molar-refractivity contribution >= 4 is 17.7 Å². The second kappa shape index (κ2) is 8.03. The number of hydrogen-bond acceptors (Lipinski definition) is 5. The minimum Gasteiger partial charge on any atom is -0.464 e. The molecular formula is C19H24N2O5. The zero-order chi connectivity index (χ0) is 19.4. The minimum absolute atomic E-state index is 0.191. The Morgan fingerprint density at radius 1 is 1.31 bits per heavy atom. The average molecular weight is 360 g/mol. The van der Waals surface area contributed by atoms with Gasteiger partial charge in [0.05, 0.1) is 19.4 Å². The summed E-state index contributed by atoms with van der Waals surface area (Å²) in [4.78, 5) is 42.1. The normalized spacial score (nSPS) is 11.9. The van der Waals surface area contributed by atoms with Gasteiger partial charge in [-0.2, -0.15) is 0 Å². The Morgan fingerprint density at radius 3 is 2.54 bits per heavy atom. The first kappa shape index (κ1) is 19.5. The van der Waals surface area contributed by atoms with Crippen LogP contribution in [-0.4, -0.2) is 47.2 Å². The Morgan fingerprint density at radius 2 is 2.00 bits per heavy atom. The van der Waals surface area contributed by atoms with E-state index in [-0.39, 0.29) is 23.1 Å². The topological polar surface area (TPSA) is 92.6 Å². The van der Waals surface area contributed by atoms with Gasteiger partial charge in [-0.3, -0.25) is 9.59 Å². The second-order valence-electron chi connectivity index (χ2n) is 6.13. The quantitative estimate of drug-likeness (QED) is 0.605. The Kier molecular flexibility index (Phi) is 6.02. The first-order valence-electron chi connectivity index (χ1n) is 8.49. The maximum Gasteiger partial charge on any atom is 0.354 e. The number of esters is 1. The van der Waals surface area contributed by atoms with E-state index in [9.17, 15) is 14.4 Å². The van der Waals surface area contributed by atoms with Crippen LogP contribution in [0.25, 0.3) is 0 Å². The summed E-state index contributed by atoms with van der Waals surface area (Å²) in [6.45, 7) is 7.44. The number of ketones is 1. The largest absolute Gasteiger partial charge is 0.464 e. The molecule has 0 aromatic carbocycles. The summed E-state index contributed by atoms with van der Waals surface area (Å²) < 4.78 is 9.93. The number of amides is 1. The molecule has 1 N–H and O–H groups in total. The van der Waals surface area contributed by atoms with E-state index in [1.54, 1.807) is 32.9 Å². The van der Waals surface area contributed by atoms with E-state index < -0.39 is 12.0 Å². The molecule has 0 unspecified atom stereocenters. The number of aromatic amines is 1. The van der Waals surface area contributed by atoms with Gasteiger partial charge >= 0.3 is 5.97 Å². The molecule has 0 spiro atoms. The lowest BCUT2D eigenvalue weighted by Crippen LogP contribution is -2.44. The van der Waals surface area contributed by atoms with Crippen molar-refractivity contribution in [3.05, 3.63) is 46.7 Å². The molecule has 0 aliphatic carbocycles. The molecule has 0 saturated carbocycles. The summed E-state index contributed by atoms with van der Waals surface area (Å²) in [7, 11) is 1.28. The number of furan rings is 1. The fourth-order valence-corrected chi connectivity index (χ4v) is 3.03. The molecule has 0 aliphatic rings. The van der Waals surface area contributed by atoms with Gasteiger partial charge in [0.15, 0.2) is 11.5 Å². The van der Waals surface area contributed by atoms with Crippen LogP contribution in [0, 0.1) is 13.8 Å². The first-order chi connectivity index (χ1) is 12.3. The molecule has 1 atom stereocenters. The van der Waals surface area contributed by atoms with Crippen molar-refractivity contribution < 1.29 is 23.5 Å². The fourth-order valence-electron chi connectivity index (χ4n) is 3.03. The van der Waals surface area contributed by atoms with Crippen LogP contribution in [0.15, 0.2) is 22.8 Å². The zero-order valence-electron chi connectivity index (χ0n) is 15.7. The smallest absolute Gasteiger partial charge is 0.354 e. The highest BCUT2D eigenvalue weighted by Crippen LogP contribution is 2.23. The summed E-state index contributed by atoms with van der Waals surface area (Å²) in [5, 5.41) is 0. The molecule has 0 bridgehead atoms. The predicted molar refractivity (Wildman–Crippen MR) is 95.4 cm³/mol. The number of carbonyl (C=O) groups is 3. The van der Waals surface area contributed by atoms with Crippen molar-refractivity contribution in [1.82, 2.24) is 9.88 Å². The van der Waals surface area contributed by atoms with Gasteiger partial charge in [-0.15, -0.1) is 0 Å². The molecular weight excluding hydrogens is 336 g/mol. The highest BCUT2D eigenvalue weighted by Gasteiger charge is 2.32. The van der Waals surface area contributed by atoms with Gasteiger partial charge in [0, 0.05) is 17.8 Å². The van der Waals surface area contributed by atoms with Crippen molar-refractivity contribution in [2.24, 2.45) is 0 Å². The van der Waals surface area contributed by atoms with Crippen LogP contribution in [0.3, 0.4) is 0 Å². The molecule has 0 radical (unpaired) electrons. The fraction of sp³-hybridized carbons (Fsp3) is 0.421. The van der Waals surface area contributed by atoms with Gasteiger partial charge in [0.1, 0.15) is 5.69 Å². The van der Waals surface area contributed by atoms with Crippen LogP contribution >= 0.6 is 0 Å². The molecule has 26 heavy (non-hydrogen) atoms. The van der Waals surface area contributed by atoms with Crippen LogP contribution in [0.2, 0.25) is 0 Å². The third-order valence-electron chi connectivity index (χ3n) is 4.38. The molecule has 0 aliphatic heterocycles. The molecule has 0 fully saturated rings. The van der Waals surface area contributed by atoms with E-state index in [4.69, 9.17) is 9.15 Å². The van der Waals surface area contributed by atoms with Gasteiger partial charge in [-0.05, 0) is 44.9 Å². The minimum atomic E-state index is -0.703. The Hall–Kier alpha value is -2.83. The molecule has 7 heteroatoms. The SMILES string of the molecule is CCCN(C(=O)c1ccco1)[C@@H](C)C(=O)c1c(C)[nH]c(C(=O)OC)c1C. The number of rotatable bonds is 7. The van der Waals surface area contributed by atoms with E-state index in [2.05, 4.69) is 4.98 Å². The number of carbonyl (C=O) groups excluding carboxylic acids is 3.